The summed E-state index contributed by atoms with van der Waals surface area (Å²) in [6.45, 7) is 3.39. The maximum atomic E-state index is 11.1. The summed E-state index contributed by atoms with van der Waals surface area (Å²) in [5.41, 5.74) is 1.00. The first-order valence-corrected chi connectivity index (χ1v) is 6.06. The molecule has 18 heavy (non-hydrogen) atoms. The van der Waals surface area contributed by atoms with Gasteiger partial charge in [0.2, 0.25) is 0 Å². The van der Waals surface area contributed by atoms with Crippen molar-refractivity contribution in [1.29, 1.82) is 0 Å². The van der Waals surface area contributed by atoms with Crippen molar-refractivity contribution in [2.24, 2.45) is 7.05 Å². The number of ether oxygens (including phenoxy) is 1. The standard InChI is InChI=1S/C12H19N3O3/c1-8-10(4-5-18-8)14(2)7-11-9(12(16)17)6-13-15(11)3/h6,8,10H,4-5,7H2,1-3H3,(H,16,17). The molecule has 1 aliphatic heterocycles. The van der Waals surface area contributed by atoms with E-state index in [0.29, 0.717) is 12.6 Å². The van der Waals surface area contributed by atoms with Gasteiger partial charge in [0.25, 0.3) is 0 Å². The van der Waals surface area contributed by atoms with E-state index in [4.69, 9.17) is 9.84 Å². The van der Waals surface area contributed by atoms with Crippen LogP contribution in [0.2, 0.25) is 0 Å². The molecule has 2 atom stereocenters. The minimum atomic E-state index is -0.928. The molecule has 1 aromatic rings. The van der Waals surface area contributed by atoms with E-state index in [2.05, 4.69) is 16.9 Å². The molecular formula is C12H19N3O3. The molecule has 0 bridgehead atoms. The molecule has 0 radical (unpaired) electrons. The first-order valence-electron chi connectivity index (χ1n) is 6.06. The fourth-order valence-electron chi connectivity index (χ4n) is 2.48. The molecule has 1 aromatic heterocycles. The van der Waals surface area contributed by atoms with Crippen LogP contribution in [0, 0.1) is 0 Å². The average Bonchev–Trinajstić information content (AvgIpc) is 2.86. The van der Waals surface area contributed by atoms with Gasteiger partial charge in [-0.05, 0) is 20.4 Å². The van der Waals surface area contributed by atoms with E-state index in [1.54, 1.807) is 11.7 Å². The Kier molecular flexibility index (Phi) is 3.68. The highest BCUT2D eigenvalue weighted by atomic mass is 16.5. The lowest BCUT2D eigenvalue weighted by Gasteiger charge is -2.26. The molecule has 0 spiro atoms. The first-order chi connectivity index (χ1) is 8.50. The van der Waals surface area contributed by atoms with Gasteiger partial charge in [-0.2, -0.15) is 5.10 Å². The van der Waals surface area contributed by atoms with Crippen molar-refractivity contribution in [3.63, 3.8) is 0 Å². The second-order valence-electron chi connectivity index (χ2n) is 4.78. The first kappa shape index (κ1) is 13.0. The smallest absolute Gasteiger partial charge is 0.339 e. The maximum Gasteiger partial charge on any atom is 0.339 e. The predicted octanol–water partition coefficient (Wildman–Crippen LogP) is 0.728. The number of carboxylic acid groups (broad SMARTS) is 1. The van der Waals surface area contributed by atoms with Crippen molar-refractivity contribution in [1.82, 2.24) is 14.7 Å². The van der Waals surface area contributed by atoms with Crippen LogP contribution in [-0.4, -0.2) is 51.6 Å². The molecule has 2 heterocycles. The molecule has 0 aromatic carbocycles. The minimum absolute atomic E-state index is 0.191. The van der Waals surface area contributed by atoms with Crippen molar-refractivity contribution in [2.75, 3.05) is 13.7 Å². The van der Waals surface area contributed by atoms with Crippen LogP contribution in [0.4, 0.5) is 0 Å². The van der Waals surface area contributed by atoms with Gasteiger partial charge in [-0.15, -0.1) is 0 Å². The molecular weight excluding hydrogens is 234 g/mol. The Labute approximate surface area is 106 Å². The highest BCUT2D eigenvalue weighted by molar-refractivity contribution is 5.88. The van der Waals surface area contributed by atoms with Crippen molar-refractivity contribution in [3.05, 3.63) is 17.5 Å². The summed E-state index contributed by atoms with van der Waals surface area (Å²) in [6.07, 6.45) is 2.58. The van der Waals surface area contributed by atoms with Gasteiger partial charge >= 0.3 is 5.97 Å². The molecule has 1 fully saturated rings. The zero-order valence-corrected chi connectivity index (χ0v) is 11.0. The van der Waals surface area contributed by atoms with Crippen LogP contribution in [0.15, 0.2) is 6.20 Å². The lowest BCUT2D eigenvalue weighted by atomic mass is 10.1. The number of carboxylic acids is 1. The summed E-state index contributed by atoms with van der Waals surface area (Å²) in [4.78, 5) is 13.2. The van der Waals surface area contributed by atoms with E-state index >= 15 is 0 Å². The van der Waals surface area contributed by atoms with Gasteiger partial charge in [-0.25, -0.2) is 4.79 Å². The molecule has 1 saturated heterocycles. The Balaban J connectivity index is 2.13. The third-order valence-electron chi connectivity index (χ3n) is 3.59. The summed E-state index contributed by atoms with van der Waals surface area (Å²) in [5, 5.41) is 13.1. The molecule has 6 heteroatoms. The molecule has 100 valence electrons. The topological polar surface area (TPSA) is 67.6 Å². The number of aromatic carboxylic acids is 1. The van der Waals surface area contributed by atoms with Crippen molar-refractivity contribution >= 4 is 5.97 Å². The molecule has 6 nitrogen and oxygen atoms in total. The van der Waals surface area contributed by atoms with Crippen molar-refractivity contribution in [3.8, 4) is 0 Å². The number of likely N-dealkylation sites (N-methyl/N-ethyl adjacent to an activating group) is 1. The summed E-state index contributed by atoms with van der Waals surface area (Å²) in [7, 11) is 3.76. The van der Waals surface area contributed by atoms with E-state index in [1.807, 2.05) is 7.05 Å². The Morgan fingerprint density at radius 1 is 1.72 bits per heavy atom. The normalized spacial score (nSPS) is 23.8. The second kappa shape index (κ2) is 5.07. The second-order valence-corrected chi connectivity index (χ2v) is 4.78. The minimum Gasteiger partial charge on any atom is -0.478 e. The number of hydrogen-bond donors (Lipinski definition) is 1. The lowest BCUT2D eigenvalue weighted by molar-refractivity contribution is 0.0689. The highest BCUT2D eigenvalue weighted by Crippen LogP contribution is 2.21. The van der Waals surface area contributed by atoms with Crippen molar-refractivity contribution in [2.45, 2.75) is 32.0 Å². The van der Waals surface area contributed by atoms with E-state index in [-0.39, 0.29) is 11.7 Å². The number of aromatic nitrogens is 2. The van der Waals surface area contributed by atoms with Crippen LogP contribution in [0.5, 0.6) is 0 Å². The lowest BCUT2D eigenvalue weighted by Crippen LogP contribution is -2.37. The number of carbonyl (C=O) groups is 1. The maximum absolute atomic E-state index is 11.1. The number of rotatable bonds is 4. The van der Waals surface area contributed by atoms with Gasteiger partial charge in [0.15, 0.2) is 0 Å². The van der Waals surface area contributed by atoms with Gasteiger partial charge < -0.3 is 9.84 Å². The number of aryl methyl sites for hydroxylation is 1. The van der Waals surface area contributed by atoms with E-state index < -0.39 is 5.97 Å². The molecule has 0 aliphatic carbocycles. The number of nitrogens with zero attached hydrogens (tertiary/aromatic N) is 3. The third-order valence-corrected chi connectivity index (χ3v) is 3.59. The average molecular weight is 253 g/mol. The van der Waals surface area contributed by atoms with Gasteiger partial charge in [0, 0.05) is 26.2 Å². The highest BCUT2D eigenvalue weighted by Gasteiger charge is 2.29. The zero-order valence-electron chi connectivity index (χ0n) is 11.0. The molecule has 1 aliphatic rings. The van der Waals surface area contributed by atoms with E-state index in [9.17, 15) is 4.79 Å². The van der Waals surface area contributed by atoms with Crippen molar-refractivity contribution < 1.29 is 14.6 Å². The van der Waals surface area contributed by atoms with Crippen LogP contribution >= 0.6 is 0 Å². The largest absolute Gasteiger partial charge is 0.478 e. The Morgan fingerprint density at radius 2 is 2.44 bits per heavy atom. The quantitative estimate of drug-likeness (QED) is 0.856. The van der Waals surface area contributed by atoms with Crippen LogP contribution in [-0.2, 0) is 18.3 Å². The molecule has 0 saturated carbocycles. The summed E-state index contributed by atoms with van der Waals surface area (Å²) < 4.78 is 7.16. The third kappa shape index (κ3) is 2.39. The SMILES string of the molecule is CC1OCCC1N(C)Cc1c(C(=O)O)cnn1C. The van der Waals surface area contributed by atoms with Gasteiger partial charge in [0.05, 0.1) is 18.0 Å². The van der Waals surface area contributed by atoms with Gasteiger partial charge in [-0.3, -0.25) is 9.58 Å². The van der Waals surface area contributed by atoms with Gasteiger partial charge in [0.1, 0.15) is 5.56 Å². The zero-order chi connectivity index (χ0) is 13.3. The fourth-order valence-corrected chi connectivity index (χ4v) is 2.48. The number of hydrogen-bond acceptors (Lipinski definition) is 4. The molecule has 2 rings (SSSR count). The van der Waals surface area contributed by atoms with Crippen LogP contribution in [0.1, 0.15) is 29.4 Å². The van der Waals surface area contributed by atoms with Gasteiger partial charge in [-0.1, -0.05) is 0 Å². The summed E-state index contributed by atoms with van der Waals surface area (Å²) in [6, 6.07) is 0.335. The fraction of sp³-hybridized carbons (Fsp3) is 0.667. The Morgan fingerprint density at radius 3 is 3.00 bits per heavy atom. The van der Waals surface area contributed by atoms with Crippen LogP contribution in [0.3, 0.4) is 0 Å². The molecule has 0 amide bonds. The van der Waals surface area contributed by atoms with E-state index in [1.165, 1.54) is 6.20 Å². The predicted molar refractivity (Wildman–Crippen MR) is 65.5 cm³/mol. The molecule has 1 N–H and O–H groups in total. The Bertz CT molecular complexity index is 444. The van der Waals surface area contributed by atoms with Crippen LogP contribution in [0.25, 0.3) is 0 Å². The molecule has 2 unspecified atom stereocenters. The summed E-state index contributed by atoms with van der Waals surface area (Å²) in [5.74, 6) is -0.928. The monoisotopic (exact) mass is 253 g/mol. The summed E-state index contributed by atoms with van der Waals surface area (Å²) >= 11 is 0. The van der Waals surface area contributed by atoms with Crippen LogP contribution < -0.4 is 0 Å². The Hall–Kier alpha value is -1.40. The van der Waals surface area contributed by atoms with E-state index in [0.717, 1.165) is 18.7 Å².